The number of ether oxygens (including phenoxy) is 2. The Kier molecular flexibility index (Phi) is 5.20. The summed E-state index contributed by atoms with van der Waals surface area (Å²) in [5.74, 6) is 1.05. The molecule has 0 fully saturated rings. The molecular formula is C15H22O3. The normalized spacial score (nSPS) is 10.6. The van der Waals surface area contributed by atoms with E-state index in [1.807, 2.05) is 26.0 Å². The first-order valence-corrected chi connectivity index (χ1v) is 6.36. The Morgan fingerprint density at radius 3 is 2.44 bits per heavy atom. The second-order valence-corrected chi connectivity index (χ2v) is 4.86. The van der Waals surface area contributed by atoms with E-state index in [2.05, 4.69) is 13.8 Å². The summed E-state index contributed by atoms with van der Waals surface area (Å²) in [5, 5.41) is 0. The number of carbonyl (C=O) groups is 1. The van der Waals surface area contributed by atoms with Gasteiger partial charge in [-0.25, -0.2) is 4.79 Å². The van der Waals surface area contributed by atoms with Crippen molar-refractivity contribution in [1.29, 1.82) is 0 Å². The Hall–Kier alpha value is -1.51. The molecule has 0 N–H and O–H groups in total. The maximum Gasteiger partial charge on any atom is 0.338 e. The molecule has 0 atom stereocenters. The van der Waals surface area contributed by atoms with Crippen LogP contribution in [0.2, 0.25) is 0 Å². The quantitative estimate of drug-likeness (QED) is 0.750. The Morgan fingerprint density at radius 2 is 1.89 bits per heavy atom. The van der Waals surface area contributed by atoms with Crippen molar-refractivity contribution in [2.75, 3.05) is 13.2 Å². The number of hydrogen-bond donors (Lipinski definition) is 0. The van der Waals surface area contributed by atoms with Gasteiger partial charge in [0.1, 0.15) is 5.75 Å². The molecule has 100 valence electrons. The minimum atomic E-state index is -0.270. The van der Waals surface area contributed by atoms with Gasteiger partial charge in [-0.15, -0.1) is 0 Å². The maximum atomic E-state index is 11.7. The highest BCUT2D eigenvalue weighted by Crippen LogP contribution is 2.24. The van der Waals surface area contributed by atoms with E-state index in [-0.39, 0.29) is 5.97 Å². The third-order valence-electron chi connectivity index (χ3n) is 2.59. The first-order valence-electron chi connectivity index (χ1n) is 6.36. The van der Waals surface area contributed by atoms with E-state index in [0.29, 0.717) is 24.7 Å². The lowest BCUT2D eigenvalue weighted by Gasteiger charge is -2.14. The molecule has 0 aliphatic rings. The number of benzene rings is 1. The van der Waals surface area contributed by atoms with E-state index in [1.54, 1.807) is 6.92 Å². The van der Waals surface area contributed by atoms with E-state index < -0.39 is 0 Å². The molecule has 0 aliphatic heterocycles. The summed E-state index contributed by atoms with van der Waals surface area (Å²) in [7, 11) is 0. The molecule has 3 heteroatoms. The first-order chi connectivity index (χ1) is 8.45. The standard InChI is InChI=1S/C15H22O3/c1-6-17-15(16)13-7-12(5)14(8-11(13)4)18-9-10(2)3/h7-8,10H,6,9H2,1-5H3. The van der Waals surface area contributed by atoms with Crippen molar-refractivity contribution in [3.8, 4) is 5.75 Å². The topological polar surface area (TPSA) is 35.5 Å². The molecule has 3 nitrogen and oxygen atoms in total. The fourth-order valence-electron chi connectivity index (χ4n) is 1.63. The lowest BCUT2D eigenvalue weighted by Crippen LogP contribution is -2.09. The van der Waals surface area contributed by atoms with Gasteiger partial charge < -0.3 is 9.47 Å². The van der Waals surface area contributed by atoms with Gasteiger partial charge in [-0.1, -0.05) is 13.8 Å². The number of rotatable bonds is 5. The van der Waals surface area contributed by atoms with Gasteiger partial charge in [-0.05, 0) is 49.9 Å². The number of hydrogen-bond acceptors (Lipinski definition) is 3. The predicted octanol–water partition coefficient (Wildman–Crippen LogP) is 3.51. The van der Waals surface area contributed by atoms with Gasteiger partial charge in [-0.2, -0.15) is 0 Å². The van der Waals surface area contributed by atoms with Crippen LogP contribution in [-0.2, 0) is 4.74 Å². The monoisotopic (exact) mass is 250 g/mol. The Morgan fingerprint density at radius 1 is 1.22 bits per heavy atom. The molecule has 0 bridgehead atoms. The van der Waals surface area contributed by atoms with Crippen LogP contribution < -0.4 is 4.74 Å². The van der Waals surface area contributed by atoms with Gasteiger partial charge in [-0.3, -0.25) is 0 Å². The summed E-state index contributed by atoms with van der Waals surface area (Å²) in [4.78, 5) is 11.7. The molecule has 1 aromatic rings. The molecule has 0 aromatic heterocycles. The Labute approximate surface area is 109 Å². The van der Waals surface area contributed by atoms with Gasteiger partial charge in [0.25, 0.3) is 0 Å². The summed E-state index contributed by atoms with van der Waals surface area (Å²) in [6.07, 6.45) is 0. The second kappa shape index (κ2) is 6.43. The van der Waals surface area contributed by atoms with Crippen LogP contribution in [0.5, 0.6) is 5.75 Å². The summed E-state index contributed by atoms with van der Waals surface area (Å²) in [6.45, 7) is 10.9. The highest BCUT2D eigenvalue weighted by molar-refractivity contribution is 5.91. The number of esters is 1. The fraction of sp³-hybridized carbons (Fsp3) is 0.533. The molecular weight excluding hydrogens is 228 g/mol. The van der Waals surface area contributed by atoms with Gasteiger partial charge >= 0.3 is 5.97 Å². The zero-order chi connectivity index (χ0) is 13.7. The highest BCUT2D eigenvalue weighted by Gasteiger charge is 2.13. The van der Waals surface area contributed by atoms with E-state index >= 15 is 0 Å². The summed E-state index contributed by atoms with van der Waals surface area (Å²) >= 11 is 0. The largest absolute Gasteiger partial charge is 0.493 e. The van der Waals surface area contributed by atoms with Crippen molar-refractivity contribution in [1.82, 2.24) is 0 Å². The summed E-state index contributed by atoms with van der Waals surface area (Å²) in [6, 6.07) is 3.74. The lowest BCUT2D eigenvalue weighted by molar-refractivity contribution is 0.0525. The van der Waals surface area contributed by atoms with Crippen LogP contribution in [0, 0.1) is 19.8 Å². The summed E-state index contributed by atoms with van der Waals surface area (Å²) in [5.41, 5.74) is 2.47. The van der Waals surface area contributed by atoms with Crippen LogP contribution in [0.15, 0.2) is 12.1 Å². The lowest BCUT2D eigenvalue weighted by atomic mass is 10.0. The van der Waals surface area contributed by atoms with Crippen molar-refractivity contribution in [3.05, 3.63) is 28.8 Å². The van der Waals surface area contributed by atoms with Crippen LogP contribution in [-0.4, -0.2) is 19.2 Å². The van der Waals surface area contributed by atoms with Crippen molar-refractivity contribution < 1.29 is 14.3 Å². The Bertz CT molecular complexity index is 422. The van der Waals surface area contributed by atoms with Gasteiger partial charge in [0.2, 0.25) is 0 Å². The van der Waals surface area contributed by atoms with Crippen molar-refractivity contribution >= 4 is 5.97 Å². The zero-order valence-electron chi connectivity index (χ0n) is 11.9. The molecule has 0 radical (unpaired) electrons. The van der Waals surface area contributed by atoms with Crippen LogP contribution >= 0.6 is 0 Å². The molecule has 18 heavy (non-hydrogen) atoms. The van der Waals surface area contributed by atoms with Crippen LogP contribution in [0.4, 0.5) is 0 Å². The predicted molar refractivity (Wildman–Crippen MR) is 72.2 cm³/mol. The van der Waals surface area contributed by atoms with Gasteiger partial charge in [0.05, 0.1) is 18.8 Å². The van der Waals surface area contributed by atoms with E-state index in [4.69, 9.17) is 9.47 Å². The van der Waals surface area contributed by atoms with Gasteiger partial charge in [0, 0.05) is 0 Å². The third kappa shape index (κ3) is 3.76. The maximum absolute atomic E-state index is 11.7. The third-order valence-corrected chi connectivity index (χ3v) is 2.59. The molecule has 0 heterocycles. The molecule has 0 unspecified atom stereocenters. The smallest absolute Gasteiger partial charge is 0.338 e. The minimum absolute atomic E-state index is 0.270. The highest BCUT2D eigenvalue weighted by atomic mass is 16.5. The van der Waals surface area contributed by atoms with Crippen molar-refractivity contribution in [2.45, 2.75) is 34.6 Å². The number of carbonyl (C=O) groups excluding carboxylic acids is 1. The molecule has 1 aromatic carbocycles. The van der Waals surface area contributed by atoms with E-state index in [1.165, 1.54) is 0 Å². The number of aryl methyl sites for hydroxylation is 2. The Balaban J connectivity index is 2.93. The zero-order valence-corrected chi connectivity index (χ0v) is 11.9. The van der Waals surface area contributed by atoms with Crippen LogP contribution in [0.3, 0.4) is 0 Å². The van der Waals surface area contributed by atoms with E-state index in [0.717, 1.165) is 16.9 Å². The van der Waals surface area contributed by atoms with Crippen LogP contribution in [0.1, 0.15) is 42.3 Å². The fourth-order valence-corrected chi connectivity index (χ4v) is 1.63. The molecule has 1 rings (SSSR count). The molecule has 0 amide bonds. The molecule has 0 saturated heterocycles. The average Bonchev–Trinajstić information content (AvgIpc) is 2.29. The van der Waals surface area contributed by atoms with Gasteiger partial charge in [0.15, 0.2) is 0 Å². The van der Waals surface area contributed by atoms with E-state index in [9.17, 15) is 4.79 Å². The summed E-state index contributed by atoms with van der Waals surface area (Å²) < 4.78 is 10.7. The minimum Gasteiger partial charge on any atom is -0.493 e. The second-order valence-electron chi connectivity index (χ2n) is 4.86. The molecule has 0 spiro atoms. The van der Waals surface area contributed by atoms with Crippen molar-refractivity contribution in [3.63, 3.8) is 0 Å². The first kappa shape index (κ1) is 14.6. The van der Waals surface area contributed by atoms with Crippen LogP contribution in [0.25, 0.3) is 0 Å². The SMILES string of the molecule is CCOC(=O)c1cc(C)c(OCC(C)C)cc1C. The molecule has 0 aliphatic carbocycles. The molecule has 0 saturated carbocycles. The van der Waals surface area contributed by atoms with Crippen molar-refractivity contribution in [2.24, 2.45) is 5.92 Å². The average molecular weight is 250 g/mol.